The molecule has 1 unspecified atom stereocenters. The Labute approximate surface area is 97.0 Å². The first kappa shape index (κ1) is 12.6. The molecule has 1 rings (SSSR count). The Hall–Kier alpha value is -1.50. The van der Waals surface area contributed by atoms with Crippen LogP contribution >= 0.6 is 0 Å². The molecule has 0 aliphatic heterocycles. The zero-order valence-corrected chi connectivity index (χ0v) is 9.79. The third-order valence-electron chi connectivity index (χ3n) is 2.36. The summed E-state index contributed by atoms with van der Waals surface area (Å²) in [5.74, 6) is 6.66. The van der Waals surface area contributed by atoms with Crippen molar-refractivity contribution < 1.29 is 4.74 Å². The van der Waals surface area contributed by atoms with E-state index in [9.17, 15) is 0 Å². The molecule has 16 heavy (non-hydrogen) atoms. The molecule has 3 nitrogen and oxygen atoms in total. The van der Waals surface area contributed by atoms with E-state index in [2.05, 4.69) is 17.2 Å². The highest BCUT2D eigenvalue weighted by molar-refractivity contribution is 5.36. The lowest BCUT2D eigenvalue weighted by atomic mass is 10.1. The molecule has 0 fully saturated rings. The molecule has 3 heteroatoms. The van der Waals surface area contributed by atoms with E-state index in [1.807, 2.05) is 31.2 Å². The smallest absolute Gasteiger partial charge is 0.123 e. The highest BCUT2D eigenvalue weighted by Gasteiger charge is 2.12. The third-order valence-corrected chi connectivity index (χ3v) is 2.36. The zero-order valence-electron chi connectivity index (χ0n) is 9.79. The van der Waals surface area contributed by atoms with Gasteiger partial charge in [0.05, 0.1) is 13.7 Å². The van der Waals surface area contributed by atoms with Gasteiger partial charge in [-0.3, -0.25) is 5.32 Å². The quantitative estimate of drug-likeness (QED) is 0.732. The van der Waals surface area contributed by atoms with Crippen molar-refractivity contribution in [2.24, 2.45) is 5.73 Å². The second-order valence-electron chi connectivity index (χ2n) is 3.34. The first-order chi connectivity index (χ1) is 7.83. The summed E-state index contributed by atoms with van der Waals surface area (Å²) in [7, 11) is 1.66. The van der Waals surface area contributed by atoms with Crippen LogP contribution < -0.4 is 15.8 Å². The maximum atomic E-state index is 5.74. The Balaban J connectivity index is 2.79. The zero-order chi connectivity index (χ0) is 11.8. The third kappa shape index (κ3) is 3.27. The van der Waals surface area contributed by atoms with E-state index in [0.29, 0.717) is 13.1 Å². The van der Waals surface area contributed by atoms with Gasteiger partial charge in [-0.05, 0) is 13.0 Å². The first-order valence-electron chi connectivity index (χ1n) is 5.29. The minimum atomic E-state index is 0.0806. The fourth-order valence-electron chi connectivity index (χ4n) is 1.54. The maximum absolute atomic E-state index is 5.74. The van der Waals surface area contributed by atoms with Crippen molar-refractivity contribution in [2.75, 3.05) is 20.2 Å². The number of hydrogen-bond acceptors (Lipinski definition) is 3. The topological polar surface area (TPSA) is 47.3 Å². The first-order valence-corrected chi connectivity index (χ1v) is 5.29. The number of nitrogens with one attached hydrogen (secondary N) is 1. The summed E-state index contributed by atoms with van der Waals surface area (Å²) in [6.45, 7) is 2.98. The van der Waals surface area contributed by atoms with Crippen molar-refractivity contribution >= 4 is 0 Å². The minimum absolute atomic E-state index is 0.0806. The Bertz CT molecular complexity index is 379. The van der Waals surface area contributed by atoms with Gasteiger partial charge in [0.2, 0.25) is 0 Å². The number of rotatable bonds is 5. The lowest BCUT2D eigenvalue weighted by molar-refractivity contribution is 0.401. The Morgan fingerprint density at radius 1 is 1.44 bits per heavy atom. The summed E-state index contributed by atoms with van der Waals surface area (Å²) in [5, 5.41) is 3.28. The van der Waals surface area contributed by atoms with Gasteiger partial charge in [-0.1, -0.05) is 24.1 Å². The van der Waals surface area contributed by atoms with Gasteiger partial charge in [-0.15, -0.1) is 5.92 Å². The number of benzene rings is 1. The molecule has 0 saturated carbocycles. The van der Waals surface area contributed by atoms with Gasteiger partial charge < -0.3 is 10.5 Å². The largest absolute Gasteiger partial charge is 0.496 e. The summed E-state index contributed by atoms with van der Waals surface area (Å²) >= 11 is 0. The summed E-state index contributed by atoms with van der Waals surface area (Å²) in [6.07, 6.45) is 0. The molecule has 86 valence electrons. The van der Waals surface area contributed by atoms with E-state index in [1.54, 1.807) is 7.11 Å². The van der Waals surface area contributed by atoms with Gasteiger partial charge in [0.25, 0.3) is 0 Å². The molecule has 1 aromatic rings. The Morgan fingerprint density at radius 3 is 2.81 bits per heavy atom. The number of nitrogens with two attached hydrogens (primary N) is 1. The molecule has 1 aromatic carbocycles. The van der Waals surface area contributed by atoms with Crippen LogP contribution in [0, 0.1) is 11.8 Å². The van der Waals surface area contributed by atoms with Crippen LogP contribution in [-0.4, -0.2) is 20.2 Å². The molecule has 0 radical (unpaired) electrons. The van der Waals surface area contributed by atoms with Crippen molar-refractivity contribution in [3.05, 3.63) is 29.8 Å². The molecule has 0 bridgehead atoms. The predicted molar refractivity (Wildman–Crippen MR) is 66.2 cm³/mol. The van der Waals surface area contributed by atoms with E-state index in [1.165, 1.54) is 0 Å². The van der Waals surface area contributed by atoms with Crippen molar-refractivity contribution in [3.63, 3.8) is 0 Å². The Kier molecular flexibility index (Phi) is 5.41. The van der Waals surface area contributed by atoms with Crippen LogP contribution in [0.25, 0.3) is 0 Å². The van der Waals surface area contributed by atoms with Gasteiger partial charge in [0, 0.05) is 18.2 Å². The molecule has 1 atom stereocenters. The second-order valence-corrected chi connectivity index (χ2v) is 3.34. The number of para-hydroxylation sites is 1. The molecular weight excluding hydrogens is 200 g/mol. The van der Waals surface area contributed by atoms with Crippen molar-refractivity contribution in [2.45, 2.75) is 13.0 Å². The van der Waals surface area contributed by atoms with Crippen LogP contribution in [0.3, 0.4) is 0 Å². The average molecular weight is 218 g/mol. The molecular formula is C13H18N2O. The summed E-state index contributed by atoms with van der Waals surface area (Å²) in [6, 6.07) is 7.96. The van der Waals surface area contributed by atoms with Gasteiger partial charge in [-0.2, -0.15) is 0 Å². The highest BCUT2D eigenvalue weighted by Crippen LogP contribution is 2.23. The van der Waals surface area contributed by atoms with Crippen molar-refractivity contribution in [1.82, 2.24) is 5.32 Å². The van der Waals surface area contributed by atoms with E-state index >= 15 is 0 Å². The van der Waals surface area contributed by atoms with E-state index in [4.69, 9.17) is 10.5 Å². The molecule has 0 saturated heterocycles. The Morgan fingerprint density at radius 2 is 2.19 bits per heavy atom. The van der Waals surface area contributed by atoms with Crippen LogP contribution in [0.4, 0.5) is 0 Å². The molecule has 0 amide bonds. The normalized spacial score (nSPS) is 11.4. The molecule has 0 aliphatic carbocycles. The monoisotopic (exact) mass is 218 g/mol. The van der Waals surface area contributed by atoms with Crippen molar-refractivity contribution in [3.8, 4) is 17.6 Å². The number of hydrogen-bond donors (Lipinski definition) is 2. The predicted octanol–water partition coefficient (Wildman–Crippen LogP) is 1.31. The fourth-order valence-corrected chi connectivity index (χ4v) is 1.54. The molecule has 0 aliphatic rings. The van der Waals surface area contributed by atoms with E-state index in [0.717, 1.165) is 11.3 Å². The van der Waals surface area contributed by atoms with Crippen LogP contribution in [0.15, 0.2) is 24.3 Å². The number of ether oxygens (including phenoxy) is 1. The fraction of sp³-hybridized carbons (Fsp3) is 0.385. The molecule has 3 N–H and O–H groups in total. The lowest BCUT2D eigenvalue weighted by Gasteiger charge is -2.18. The molecule has 0 aromatic heterocycles. The van der Waals surface area contributed by atoms with E-state index < -0.39 is 0 Å². The highest BCUT2D eigenvalue weighted by atomic mass is 16.5. The van der Waals surface area contributed by atoms with Gasteiger partial charge in [0.1, 0.15) is 5.75 Å². The molecule has 0 heterocycles. The van der Waals surface area contributed by atoms with Gasteiger partial charge >= 0.3 is 0 Å². The molecule has 0 spiro atoms. The van der Waals surface area contributed by atoms with Gasteiger partial charge in [-0.25, -0.2) is 0 Å². The minimum Gasteiger partial charge on any atom is -0.496 e. The van der Waals surface area contributed by atoms with Crippen LogP contribution in [0.1, 0.15) is 18.5 Å². The van der Waals surface area contributed by atoms with E-state index in [-0.39, 0.29) is 6.04 Å². The van der Waals surface area contributed by atoms with Crippen LogP contribution in [0.2, 0.25) is 0 Å². The number of methoxy groups -OCH3 is 1. The summed E-state index contributed by atoms with van der Waals surface area (Å²) in [4.78, 5) is 0. The maximum Gasteiger partial charge on any atom is 0.123 e. The van der Waals surface area contributed by atoms with Gasteiger partial charge in [0.15, 0.2) is 0 Å². The average Bonchev–Trinajstić information content (AvgIpc) is 2.35. The second kappa shape index (κ2) is 6.89. The van der Waals surface area contributed by atoms with Crippen LogP contribution in [0.5, 0.6) is 5.75 Å². The standard InChI is InChI=1S/C13H18N2O/c1-3-4-9-15-12(10-14)11-7-5-6-8-13(11)16-2/h5-8,12,15H,9-10,14H2,1-2H3. The summed E-state index contributed by atoms with van der Waals surface area (Å²) < 4.78 is 5.30. The lowest BCUT2D eigenvalue weighted by Crippen LogP contribution is -2.28. The van der Waals surface area contributed by atoms with Crippen molar-refractivity contribution in [1.29, 1.82) is 0 Å². The summed E-state index contributed by atoms with van der Waals surface area (Å²) in [5.41, 5.74) is 6.82. The van der Waals surface area contributed by atoms with Crippen LogP contribution in [-0.2, 0) is 0 Å². The SMILES string of the molecule is CC#CCNC(CN)c1ccccc1OC.